The zero-order valence-electron chi connectivity index (χ0n) is 15.3. The number of hydrogen-bond donors (Lipinski definition) is 2. The summed E-state index contributed by atoms with van der Waals surface area (Å²) in [6.45, 7) is 3.32. The minimum atomic E-state index is -0.975. The number of anilines is 2. The van der Waals surface area contributed by atoms with Crippen LogP contribution in [0.3, 0.4) is 0 Å². The molecule has 148 valence electrons. The molecule has 1 amide bonds. The molecule has 8 nitrogen and oxygen atoms in total. The summed E-state index contributed by atoms with van der Waals surface area (Å²) in [5.74, 6) is -1.19. The van der Waals surface area contributed by atoms with Gasteiger partial charge in [0.15, 0.2) is 0 Å². The zero-order chi connectivity index (χ0) is 19.9. The number of piperazine rings is 1. The number of nitrogens with zero attached hydrogens (tertiary/aromatic N) is 4. The SMILES string of the molecule is O=C(C[C@@H](CN1CCN(c2ccccn2)CC1)C(=O)O)Nc1ccc(Cl)nc1. The van der Waals surface area contributed by atoms with Crippen LogP contribution in [0.1, 0.15) is 6.42 Å². The number of carboxylic acids is 1. The van der Waals surface area contributed by atoms with Crippen molar-refractivity contribution in [3.05, 3.63) is 47.9 Å². The maximum Gasteiger partial charge on any atom is 0.308 e. The molecule has 0 aliphatic carbocycles. The van der Waals surface area contributed by atoms with Crippen LogP contribution >= 0.6 is 11.6 Å². The van der Waals surface area contributed by atoms with Gasteiger partial charge in [-0.05, 0) is 24.3 Å². The monoisotopic (exact) mass is 403 g/mol. The molecule has 2 aromatic heterocycles. The number of aromatic nitrogens is 2. The fourth-order valence-electron chi connectivity index (χ4n) is 3.13. The maximum absolute atomic E-state index is 12.2. The number of aliphatic carboxylic acids is 1. The van der Waals surface area contributed by atoms with Crippen LogP contribution < -0.4 is 10.2 Å². The molecule has 0 unspecified atom stereocenters. The molecule has 0 radical (unpaired) electrons. The predicted molar refractivity (Wildman–Crippen MR) is 107 cm³/mol. The van der Waals surface area contributed by atoms with Crippen molar-refractivity contribution in [3.8, 4) is 0 Å². The molecule has 2 aromatic rings. The van der Waals surface area contributed by atoms with Crippen LogP contribution in [0, 0.1) is 5.92 Å². The normalized spacial score (nSPS) is 15.8. The molecular weight excluding hydrogens is 382 g/mol. The van der Waals surface area contributed by atoms with Crippen LogP contribution in [-0.2, 0) is 9.59 Å². The van der Waals surface area contributed by atoms with Gasteiger partial charge in [-0.25, -0.2) is 9.97 Å². The van der Waals surface area contributed by atoms with Crippen molar-refractivity contribution in [1.82, 2.24) is 14.9 Å². The third kappa shape index (κ3) is 5.64. The molecule has 1 aliphatic rings. The van der Waals surface area contributed by atoms with Crippen molar-refractivity contribution in [1.29, 1.82) is 0 Å². The summed E-state index contributed by atoms with van der Waals surface area (Å²) < 4.78 is 0. The largest absolute Gasteiger partial charge is 0.481 e. The molecule has 1 atom stereocenters. The van der Waals surface area contributed by atoms with E-state index in [4.69, 9.17) is 11.6 Å². The van der Waals surface area contributed by atoms with E-state index in [1.807, 2.05) is 18.2 Å². The predicted octanol–water partition coefficient (Wildman–Crippen LogP) is 1.98. The Morgan fingerprint density at radius 3 is 2.54 bits per heavy atom. The quantitative estimate of drug-likeness (QED) is 0.682. The van der Waals surface area contributed by atoms with E-state index >= 15 is 0 Å². The van der Waals surface area contributed by atoms with Crippen LogP contribution in [0.25, 0.3) is 0 Å². The number of pyridine rings is 2. The summed E-state index contributed by atoms with van der Waals surface area (Å²) in [7, 11) is 0. The van der Waals surface area contributed by atoms with Gasteiger partial charge >= 0.3 is 5.97 Å². The molecule has 1 fully saturated rings. The topological polar surface area (TPSA) is 98.7 Å². The summed E-state index contributed by atoms with van der Waals surface area (Å²) in [5, 5.41) is 12.5. The van der Waals surface area contributed by atoms with Crippen molar-refractivity contribution in [2.24, 2.45) is 5.92 Å². The molecule has 0 saturated carbocycles. The minimum absolute atomic E-state index is 0.0988. The van der Waals surface area contributed by atoms with Gasteiger partial charge in [-0.15, -0.1) is 0 Å². The van der Waals surface area contributed by atoms with E-state index in [1.54, 1.807) is 18.3 Å². The van der Waals surface area contributed by atoms with E-state index in [-0.39, 0.29) is 12.3 Å². The summed E-state index contributed by atoms with van der Waals surface area (Å²) in [5.41, 5.74) is 0.488. The van der Waals surface area contributed by atoms with E-state index in [1.165, 1.54) is 6.20 Å². The molecule has 3 rings (SSSR count). The smallest absolute Gasteiger partial charge is 0.308 e. The Balaban J connectivity index is 1.50. The second-order valence-electron chi connectivity index (χ2n) is 6.63. The van der Waals surface area contributed by atoms with E-state index in [0.717, 1.165) is 32.0 Å². The van der Waals surface area contributed by atoms with Gasteiger partial charge in [0.05, 0.1) is 17.8 Å². The van der Waals surface area contributed by atoms with Gasteiger partial charge < -0.3 is 15.3 Å². The third-order valence-electron chi connectivity index (χ3n) is 4.62. The third-order valence-corrected chi connectivity index (χ3v) is 4.84. The Morgan fingerprint density at radius 1 is 1.14 bits per heavy atom. The first-order valence-electron chi connectivity index (χ1n) is 9.04. The van der Waals surface area contributed by atoms with Gasteiger partial charge in [-0.3, -0.25) is 14.5 Å². The maximum atomic E-state index is 12.2. The Kier molecular flexibility index (Phi) is 6.78. The lowest BCUT2D eigenvalue weighted by Gasteiger charge is -2.36. The Bertz CT molecular complexity index is 795. The second kappa shape index (κ2) is 9.48. The number of nitrogens with one attached hydrogen (secondary N) is 1. The molecular formula is C19H22ClN5O3. The van der Waals surface area contributed by atoms with E-state index in [9.17, 15) is 14.7 Å². The molecule has 2 N–H and O–H groups in total. The lowest BCUT2D eigenvalue weighted by atomic mass is 10.0. The van der Waals surface area contributed by atoms with Crippen molar-refractivity contribution in [2.45, 2.75) is 6.42 Å². The number of carboxylic acid groups (broad SMARTS) is 1. The highest BCUT2D eigenvalue weighted by Gasteiger charge is 2.26. The lowest BCUT2D eigenvalue weighted by molar-refractivity contribution is -0.144. The minimum Gasteiger partial charge on any atom is -0.481 e. The first-order chi connectivity index (χ1) is 13.5. The summed E-state index contributed by atoms with van der Waals surface area (Å²) in [6.07, 6.45) is 3.10. The summed E-state index contributed by atoms with van der Waals surface area (Å²) in [4.78, 5) is 36.3. The molecule has 0 aromatic carbocycles. The van der Waals surface area contributed by atoms with E-state index < -0.39 is 11.9 Å². The van der Waals surface area contributed by atoms with Crippen molar-refractivity contribution in [2.75, 3.05) is 42.9 Å². The molecule has 3 heterocycles. The molecule has 0 spiro atoms. The average molecular weight is 404 g/mol. The number of rotatable bonds is 7. The van der Waals surface area contributed by atoms with Gasteiger partial charge in [0.25, 0.3) is 0 Å². The highest BCUT2D eigenvalue weighted by Crippen LogP contribution is 2.16. The Morgan fingerprint density at radius 2 is 1.93 bits per heavy atom. The van der Waals surface area contributed by atoms with Crippen LogP contribution in [0.15, 0.2) is 42.7 Å². The first-order valence-corrected chi connectivity index (χ1v) is 9.41. The Hall–Kier alpha value is -2.71. The highest BCUT2D eigenvalue weighted by molar-refractivity contribution is 6.29. The fraction of sp³-hybridized carbons (Fsp3) is 0.368. The number of carbonyl (C=O) groups is 2. The fourth-order valence-corrected chi connectivity index (χ4v) is 3.24. The standard InChI is InChI=1S/C19H22ClN5O3/c20-16-5-4-15(12-22-16)23-18(26)11-14(19(27)28)13-24-7-9-25(10-8-24)17-3-1-2-6-21-17/h1-6,12,14H,7-11,13H2,(H,23,26)(H,27,28)/t14-/m0/s1. The zero-order valence-corrected chi connectivity index (χ0v) is 16.0. The second-order valence-corrected chi connectivity index (χ2v) is 7.02. The molecule has 9 heteroatoms. The van der Waals surface area contributed by atoms with Crippen LogP contribution in [0.4, 0.5) is 11.5 Å². The van der Waals surface area contributed by atoms with Crippen molar-refractivity contribution >= 4 is 35.0 Å². The summed E-state index contributed by atoms with van der Waals surface area (Å²) >= 11 is 5.72. The number of carbonyl (C=O) groups excluding carboxylic acids is 1. The molecule has 0 bridgehead atoms. The average Bonchev–Trinajstić information content (AvgIpc) is 2.70. The molecule has 28 heavy (non-hydrogen) atoms. The lowest BCUT2D eigenvalue weighted by Crippen LogP contribution is -2.49. The molecule has 1 saturated heterocycles. The van der Waals surface area contributed by atoms with Gasteiger partial charge in [-0.2, -0.15) is 0 Å². The van der Waals surface area contributed by atoms with Crippen molar-refractivity contribution < 1.29 is 14.7 Å². The van der Waals surface area contributed by atoms with Gasteiger partial charge in [0.2, 0.25) is 5.91 Å². The van der Waals surface area contributed by atoms with Crippen LogP contribution in [0.5, 0.6) is 0 Å². The summed E-state index contributed by atoms with van der Waals surface area (Å²) in [6, 6.07) is 8.98. The Labute approximate surface area is 168 Å². The van der Waals surface area contributed by atoms with Crippen LogP contribution in [0.2, 0.25) is 5.15 Å². The number of halogens is 1. The van der Waals surface area contributed by atoms with E-state index in [0.29, 0.717) is 17.4 Å². The first kappa shape index (κ1) is 20.0. The van der Waals surface area contributed by atoms with Crippen LogP contribution in [-0.4, -0.2) is 64.6 Å². The van der Waals surface area contributed by atoms with Crippen molar-refractivity contribution in [3.63, 3.8) is 0 Å². The van der Waals surface area contributed by atoms with E-state index in [2.05, 4.69) is 25.1 Å². The van der Waals surface area contributed by atoms with Gasteiger partial charge in [0.1, 0.15) is 11.0 Å². The highest BCUT2D eigenvalue weighted by atomic mass is 35.5. The van der Waals surface area contributed by atoms with Gasteiger partial charge in [0, 0.05) is 45.3 Å². The molecule has 1 aliphatic heterocycles. The number of amides is 1. The number of hydrogen-bond acceptors (Lipinski definition) is 6. The van der Waals surface area contributed by atoms with Gasteiger partial charge in [-0.1, -0.05) is 17.7 Å².